The summed E-state index contributed by atoms with van der Waals surface area (Å²) in [6.45, 7) is 3.79. The second-order valence-corrected chi connectivity index (χ2v) is 4.52. The Morgan fingerprint density at radius 2 is 2.20 bits per heavy atom. The van der Waals surface area contributed by atoms with Gasteiger partial charge < -0.3 is 15.8 Å². The number of benzene rings is 1. The van der Waals surface area contributed by atoms with Crippen molar-refractivity contribution in [1.29, 1.82) is 0 Å². The van der Waals surface area contributed by atoms with Crippen molar-refractivity contribution in [2.24, 2.45) is 0 Å². The molecule has 106 valence electrons. The second-order valence-electron chi connectivity index (χ2n) is 4.52. The van der Waals surface area contributed by atoms with Crippen molar-refractivity contribution in [2.45, 2.75) is 20.4 Å². The summed E-state index contributed by atoms with van der Waals surface area (Å²) in [7, 11) is 1.58. The highest BCUT2D eigenvalue weighted by atomic mass is 16.5. The fourth-order valence-corrected chi connectivity index (χ4v) is 1.90. The van der Waals surface area contributed by atoms with Crippen LogP contribution in [0.25, 0.3) is 0 Å². The van der Waals surface area contributed by atoms with Crippen LogP contribution in [0.5, 0.6) is 5.75 Å². The molecule has 1 aromatic carbocycles. The molecular formula is C14H18N4O2. The molecule has 1 aromatic heterocycles. The van der Waals surface area contributed by atoms with Crippen LogP contribution in [-0.2, 0) is 11.3 Å². The standard InChI is InChI=1S/C14H18N4O2/c1-9-14(15)10(2)18(17-9)8-13(19)16-11-5-4-6-12(7-11)20-3/h4-7H,8,15H2,1-3H3,(H,16,19). The predicted octanol–water partition coefficient (Wildman–Crippen LogP) is 1.73. The number of nitrogens with two attached hydrogens (primary N) is 1. The van der Waals surface area contributed by atoms with Crippen LogP contribution in [0.15, 0.2) is 24.3 Å². The number of aryl methyl sites for hydroxylation is 1. The number of carbonyl (C=O) groups is 1. The molecule has 0 radical (unpaired) electrons. The number of aromatic nitrogens is 2. The van der Waals surface area contributed by atoms with E-state index in [4.69, 9.17) is 10.5 Å². The van der Waals surface area contributed by atoms with E-state index in [-0.39, 0.29) is 12.5 Å². The fraction of sp³-hybridized carbons (Fsp3) is 0.286. The van der Waals surface area contributed by atoms with Crippen molar-refractivity contribution in [3.63, 3.8) is 0 Å². The number of ether oxygens (including phenoxy) is 1. The van der Waals surface area contributed by atoms with Crippen LogP contribution >= 0.6 is 0 Å². The molecule has 0 fully saturated rings. The van der Waals surface area contributed by atoms with Gasteiger partial charge in [0, 0.05) is 11.8 Å². The van der Waals surface area contributed by atoms with E-state index in [0.717, 1.165) is 11.4 Å². The molecule has 6 heteroatoms. The Bertz CT molecular complexity index is 634. The molecule has 6 nitrogen and oxygen atoms in total. The lowest BCUT2D eigenvalue weighted by molar-refractivity contribution is -0.116. The monoisotopic (exact) mass is 274 g/mol. The molecule has 20 heavy (non-hydrogen) atoms. The zero-order valence-corrected chi connectivity index (χ0v) is 11.8. The molecule has 0 spiro atoms. The van der Waals surface area contributed by atoms with E-state index in [1.165, 1.54) is 0 Å². The normalized spacial score (nSPS) is 10.3. The maximum absolute atomic E-state index is 12.0. The molecule has 2 rings (SSSR count). The van der Waals surface area contributed by atoms with E-state index in [0.29, 0.717) is 17.1 Å². The average molecular weight is 274 g/mol. The summed E-state index contributed by atoms with van der Waals surface area (Å²) >= 11 is 0. The Morgan fingerprint density at radius 3 is 2.80 bits per heavy atom. The van der Waals surface area contributed by atoms with E-state index in [1.54, 1.807) is 23.9 Å². The first-order valence-electron chi connectivity index (χ1n) is 6.24. The number of rotatable bonds is 4. The van der Waals surface area contributed by atoms with E-state index < -0.39 is 0 Å². The van der Waals surface area contributed by atoms with E-state index in [9.17, 15) is 4.79 Å². The summed E-state index contributed by atoms with van der Waals surface area (Å²) < 4.78 is 6.70. The van der Waals surface area contributed by atoms with E-state index in [1.807, 2.05) is 26.0 Å². The number of nitrogen functional groups attached to an aromatic ring is 1. The third-order valence-electron chi connectivity index (χ3n) is 3.08. The zero-order chi connectivity index (χ0) is 14.7. The van der Waals surface area contributed by atoms with Gasteiger partial charge in [-0.05, 0) is 26.0 Å². The lowest BCUT2D eigenvalue weighted by Gasteiger charge is -2.08. The Kier molecular flexibility index (Phi) is 3.93. The summed E-state index contributed by atoms with van der Waals surface area (Å²) in [5.41, 5.74) is 8.67. The molecule has 0 aliphatic carbocycles. The molecule has 2 aromatic rings. The highest BCUT2D eigenvalue weighted by Gasteiger charge is 2.11. The molecule has 0 unspecified atom stereocenters. The second kappa shape index (κ2) is 5.64. The molecule has 1 heterocycles. The van der Waals surface area contributed by atoms with Gasteiger partial charge in [-0.25, -0.2) is 0 Å². The summed E-state index contributed by atoms with van der Waals surface area (Å²) in [5.74, 6) is 0.530. The van der Waals surface area contributed by atoms with Gasteiger partial charge >= 0.3 is 0 Å². The van der Waals surface area contributed by atoms with Crippen LogP contribution in [0.2, 0.25) is 0 Å². The molecule has 0 bridgehead atoms. The van der Waals surface area contributed by atoms with Crippen molar-refractivity contribution >= 4 is 17.3 Å². The van der Waals surface area contributed by atoms with Crippen LogP contribution in [0, 0.1) is 13.8 Å². The van der Waals surface area contributed by atoms with Gasteiger partial charge in [0.15, 0.2) is 0 Å². The SMILES string of the molecule is COc1cccc(NC(=O)Cn2nc(C)c(N)c2C)c1. The zero-order valence-electron chi connectivity index (χ0n) is 11.8. The molecule has 0 aliphatic heterocycles. The Hall–Kier alpha value is -2.50. The number of methoxy groups -OCH3 is 1. The van der Waals surface area contributed by atoms with E-state index in [2.05, 4.69) is 10.4 Å². The summed E-state index contributed by atoms with van der Waals surface area (Å²) in [6, 6.07) is 7.19. The van der Waals surface area contributed by atoms with Crippen molar-refractivity contribution < 1.29 is 9.53 Å². The minimum Gasteiger partial charge on any atom is -0.497 e. The van der Waals surface area contributed by atoms with Gasteiger partial charge in [-0.2, -0.15) is 5.10 Å². The molecule has 3 N–H and O–H groups in total. The topological polar surface area (TPSA) is 82.2 Å². The minimum absolute atomic E-state index is 0.126. The number of hydrogen-bond acceptors (Lipinski definition) is 4. The van der Waals surface area contributed by atoms with E-state index >= 15 is 0 Å². The molecule has 0 saturated heterocycles. The van der Waals surface area contributed by atoms with Gasteiger partial charge in [0.05, 0.1) is 24.2 Å². The predicted molar refractivity (Wildman–Crippen MR) is 77.7 cm³/mol. The van der Waals surface area contributed by atoms with Crippen LogP contribution in [0.3, 0.4) is 0 Å². The van der Waals surface area contributed by atoms with Gasteiger partial charge in [0.2, 0.25) is 5.91 Å². The molecule has 1 amide bonds. The maximum Gasteiger partial charge on any atom is 0.246 e. The van der Waals surface area contributed by atoms with Crippen LogP contribution in [0.4, 0.5) is 11.4 Å². The van der Waals surface area contributed by atoms with Gasteiger partial charge in [-0.1, -0.05) is 6.07 Å². The number of nitrogens with one attached hydrogen (secondary N) is 1. The smallest absolute Gasteiger partial charge is 0.246 e. The fourth-order valence-electron chi connectivity index (χ4n) is 1.90. The first kappa shape index (κ1) is 13.9. The van der Waals surface area contributed by atoms with Crippen LogP contribution in [-0.4, -0.2) is 22.8 Å². The molecular weight excluding hydrogens is 256 g/mol. The maximum atomic E-state index is 12.0. The van der Waals surface area contributed by atoms with Crippen LogP contribution in [0.1, 0.15) is 11.4 Å². The summed E-state index contributed by atoms with van der Waals surface area (Å²) in [4.78, 5) is 12.0. The lowest BCUT2D eigenvalue weighted by atomic mass is 10.3. The average Bonchev–Trinajstić information content (AvgIpc) is 2.66. The summed E-state index contributed by atoms with van der Waals surface area (Å²) in [6.07, 6.45) is 0. The number of anilines is 2. The quantitative estimate of drug-likeness (QED) is 0.889. The highest BCUT2D eigenvalue weighted by molar-refractivity contribution is 5.90. The van der Waals surface area contributed by atoms with Gasteiger partial charge in [0.25, 0.3) is 0 Å². The van der Waals surface area contributed by atoms with Gasteiger partial charge in [0.1, 0.15) is 12.3 Å². The Morgan fingerprint density at radius 1 is 1.45 bits per heavy atom. The first-order chi connectivity index (χ1) is 9.51. The molecule has 0 atom stereocenters. The number of nitrogens with zero attached hydrogens (tertiary/aromatic N) is 2. The Labute approximate surface area is 117 Å². The molecule has 0 aliphatic rings. The lowest BCUT2D eigenvalue weighted by Crippen LogP contribution is -2.20. The van der Waals surface area contributed by atoms with Crippen molar-refractivity contribution in [1.82, 2.24) is 9.78 Å². The van der Waals surface area contributed by atoms with Crippen molar-refractivity contribution in [3.8, 4) is 5.75 Å². The molecule has 0 saturated carbocycles. The van der Waals surface area contributed by atoms with Crippen LogP contribution < -0.4 is 15.8 Å². The van der Waals surface area contributed by atoms with Crippen molar-refractivity contribution in [3.05, 3.63) is 35.7 Å². The number of amides is 1. The third kappa shape index (κ3) is 2.90. The summed E-state index contributed by atoms with van der Waals surface area (Å²) in [5, 5.41) is 7.03. The van der Waals surface area contributed by atoms with Gasteiger partial charge in [-0.15, -0.1) is 0 Å². The minimum atomic E-state index is -0.163. The largest absolute Gasteiger partial charge is 0.497 e. The van der Waals surface area contributed by atoms with Crippen molar-refractivity contribution in [2.75, 3.05) is 18.2 Å². The first-order valence-corrected chi connectivity index (χ1v) is 6.24. The van der Waals surface area contributed by atoms with Gasteiger partial charge in [-0.3, -0.25) is 9.48 Å². The number of hydrogen-bond donors (Lipinski definition) is 2. The number of carbonyl (C=O) groups excluding carboxylic acids is 1. The Balaban J connectivity index is 2.07. The third-order valence-corrected chi connectivity index (χ3v) is 3.08. The highest BCUT2D eigenvalue weighted by Crippen LogP contribution is 2.17.